The van der Waals surface area contributed by atoms with E-state index in [4.69, 9.17) is 4.74 Å². The molecule has 1 heterocycles. The fraction of sp³-hybridized carbons (Fsp3) is 0.625. The van der Waals surface area contributed by atoms with Crippen LogP contribution in [0.2, 0.25) is 0 Å². The van der Waals surface area contributed by atoms with Gasteiger partial charge in [-0.1, -0.05) is 29.8 Å². The molecule has 19 heavy (non-hydrogen) atoms. The molecule has 2 atom stereocenters. The lowest BCUT2D eigenvalue weighted by atomic mass is 9.98. The Kier molecular flexibility index (Phi) is 5.37. The van der Waals surface area contributed by atoms with Gasteiger partial charge in [0.2, 0.25) is 0 Å². The van der Waals surface area contributed by atoms with Gasteiger partial charge < -0.3 is 14.7 Å². The molecular weight excluding hydrogens is 238 g/mol. The molecule has 0 aromatic heterocycles. The molecule has 0 spiro atoms. The molecule has 1 aliphatic heterocycles. The number of methoxy groups -OCH3 is 1. The third-order valence-electron chi connectivity index (χ3n) is 3.86. The van der Waals surface area contributed by atoms with Gasteiger partial charge in [-0.05, 0) is 37.8 Å². The lowest BCUT2D eigenvalue weighted by Gasteiger charge is -2.33. The van der Waals surface area contributed by atoms with Crippen LogP contribution in [0.15, 0.2) is 24.3 Å². The van der Waals surface area contributed by atoms with Crippen molar-refractivity contribution >= 4 is 0 Å². The van der Waals surface area contributed by atoms with Gasteiger partial charge in [-0.25, -0.2) is 0 Å². The Morgan fingerprint density at radius 2 is 2.32 bits per heavy atom. The van der Waals surface area contributed by atoms with E-state index in [1.807, 2.05) is 12.1 Å². The first-order valence-electron chi connectivity index (χ1n) is 7.15. The normalized spacial score (nSPS) is 22.4. The number of likely N-dealkylation sites (tertiary alicyclic amines) is 1. The molecule has 1 saturated heterocycles. The summed E-state index contributed by atoms with van der Waals surface area (Å²) >= 11 is 0. The van der Waals surface area contributed by atoms with Crippen LogP contribution >= 0.6 is 0 Å². The van der Waals surface area contributed by atoms with Crippen LogP contribution in [0.5, 0.6) is 0 Å². The van der Waals surface area contributed by atoms with Gasteiger partial charge in [-0.2, -0.15) is 0 Å². The van der Waals surface area contributed by atoms with E-state index >= 15 is 0 Å². The fourth-order valence-corrected chi connectivity index (χ4v) is 2.92. The summed E-state index contributed by atoms with van der Waals surface area (Å²) in [5.74, 6) is 0.614. The highest BCUT2D eigenvalue weighted by Gasteiger charge is 2.22. The maximum atomic E-state index is 10.3. The highest BCUT2D eigenvalue weighted by molar-refractivity contribution is 5.24. The predicted octanol–water partition coefficient (Wildman–Crippen LogP) is 2.39. The van der Waals surface area contributed by atoms with Crippen molar-refractivity contribution < 1.29 is 9.84 Å². The molecule has 1 aliphatic rings. The number of hydrogen-bond donors (Lipinski definition) is 1. The first kappa shape index (κ1) is 14.5. The fourth-order valence-electron chi connectivity index (χ4n) is 2.92. The van der Waals surface area contributed by atoms with E-state index in [9.17, 15) is 5.11 Å². The van der Waals surface area contributed by atoms with Crippen molar-refractivity contribution in [3.8, 4) is 0 Å². The van der Waals surface area contributed by atoms with Crippen LogP contribution in [0, 0.1) is 12.8 Å². The summed E-state index contributed by atoms with van der Waals surface area (Å²) in [4.78, 5) is 2.36. The molecule has 2 unspecified atom stereocenters. The van der Waals surface area contributed by atoms with Crippen LogP contribution < -0.4 is 0 Å². The second-order valence-electron chi connectivity index (χ2n) is 5.65. The lowest BCUT2D eigenvalue weighted by molar-refractivity contribution is 0.0562. The molecule has 0 saturated carbocycles. The number of aryl methyl sites for hydroxylation is 1. The second-order valence-corrected chi connectivity index (χ2v) is 5.65. The summed E-state index contributed by atoms with van der Waals surface area (Å²) in [6, 6.07) is 8.15. The predicted molar refractivity (Wildman–Crippen MR) is 77.2 cm³/mol. The van der Waals surface area contributed by atoms with E-state index in [-0.39, 0.29) is 6.10 Å². The molecule has 1 aromatic rings. The van der Waals surface area contributed by atoms with E-state index in [2.05, 4.69) is 24.0 Å². The number of aliphatic hydroxyl groups is 1. The molecule has 3 nitrogen and oxygen atoms in total. The average molecular weight is 263 g/mol. The Bertz CT molecular complexity index is 392. The van der Waals surface area contributed by atoms with Gasteiger partial charge in [0, 0.05) is 20.2 Å². The molecular formula is C16H25NO2. The van der Waals surface area contributed by atoms with E-state index in [1.54, 1.807) is 7.11 Å². The van der Waals surface area contributed by atoms with E-state index in [0.29, 0.717) is 5.92 Å². The largest absolute Gasteiger partial charge is 0.387 e. The summed E-state index contributed by atoms with van der Waals surface area (Å²) in [5.41, 5.74) is 2.22. The number of hydrogen-bond acceptors (Lipinski definition) is 3. The molecule has 2 rings (SSSR count). The minimum Gasteiger partial charge on any atom is -0.387 e. The number of ether oxygens (including phenoxy) is 1. The smallest absolute Gasteiger partial charge is 0.0917 e. The number of aliphatic hydroxyl groups excluding tert-OH is 1. The third-order valence-corrected chi connectivity index (χ3v) is 3.86. The first-order valence-corrected chi connectivity index (χ1v) is 7.15. The molecule has 1 N–H and O–H groups in total. The van der Waals surface area contributed by atoms with Crippen molar-refractivity contribution in [2.45, 2.75) is 25.9 Å². The van der Waals surface area contributed by atoms with Crippen LogP contribution in [0.1, 0.15) is 30.1 Å². The highest BCUT2D eigenvalue weighted by Crippen LogP contribution is 2.21. The average Bonchev–Trinajstić information content (AvgIpc) is 2.39. The van der Waals surface area contributed by atoms with Gasteiger partial charge in [-0.3, -0.25) is 0 Å². The molecule has 1 aromatic carbocycles. The van der Waals surface area contributed by atoms with Gasteiger partial charge in [0.1, 0.15) is 0 Å². The number of β-amino-alcohol motifs (C(OH)–C–C–N with tert-alkyl or cyclic N) is 1. The maximum absolute atomic E-state index is 10.3. The van der Waals surface area contributed by atoms with E-state index in [1.165, 1.54) is 18.4 Å². The number of nitrogens with zero attached hydrogens (tertiary/aromatic N) is 1. The van der Waals surface area contributed by atoms with E-state index < -0.39 is 0 Å². The van der Waals surface area contributed by atoms with Crippen molar-refractivity contribution in [2.75, 3.05) is 33.4 Å². The standard InChI is InChI=1S/C16H25NO2/c1-13-5-3-7-15(9-13)16(18)11-17-8-4-6-14(10-17)12-19-2/h3,5,7,9,14,16,18H,4,6,8,10-12H2,1-2H3. The van der Waals surface area contributed by atoms with Gasteiger partial charge in [0.15, 0.2) is 0 Å². The van der Waals surface area contributed by atoms with Crippen molar-refractivity contribution in [1.82, 2.24) is 4.90 Å². The minimum absolute atomic E-state index is 0.388. The number of benzene rings is 1. The Labute approximate surface area is 116 Å². The van der Waals surface area contributed by atoms with Crippen molar-refractivity contribution in [2.24, 2.45) is 5.92 Å². The zero-order valence-electron chi connectivity index (χ0n) is 12.0. The molecule has 0 aliphatic carbocycles. The van der Waals surface area contributed by atoms with Gasteiger partial charge in [0.05, 0.1) is 12.7 Å². The summed E-state index contributed by atoms with van der Waals surface area (Å²) in [5, 5.41) is 10.3. The monoisotopic (exact) mass is 263 g/mol. The SMILES string of the molecule is COCC1CCCN(CC(O)c2cccc(C)c2)C1. The maximum Gasteiger partial charge on any atom is 0.0917 e. The molecule has 0 amide bonds. The zero-order valence-corrected chi connectivity index (χ0v) is 12.0. The van der Waals surface area contributed by atoms with Crippen LogP contribution in [0.4, 0.5) is 0 Å². The first-order chi connectivity index (χ1) is 9.19. The Morgan fingerprint density at radius 1 is 1.47 bits per heavy atom. The summed E-state index contributed by atoms with van der Waals surface area (Å²) in [6.45, 7) is 5.74. The van der Waals surface area contributed by atoms with Crippen molar-refractivity contribution in [1.29, 1.82) is 0 Å². The third kappa shape index (κ3) is 4.30. The quantitative estimate of drug-likeness (QED) is 0.885. The number of rotatable bonds is 5. The van der Waals surface area contributed by atoms with Gasteiger partial charge in [0.25, 0.3) is 0 Å². The molecule has 3 heteroatoms. The van der Waals surface area contributed by atoms with Gasteiger partial charge in [-0.15, -0.1) is 0 Å². The van der Waals surface area contributed by atoms with E-state index in [0.717, 1.165) is 31.8 Å². The van der Waals surface area contributed by atoms with Crippen molar-refractivity contribution in [3.63, 3.8) is 0 Å². The summed E-state index contributed by atoms with van der Waals surface area (Å²) in [6.07, 6.45) is 2.06. The van der Waals surface area contributed by atoms with Crippen LogP contribution in [0.3, 0.4) is 0 Å². The van der Waals surface area contributed by atoms with Crippen molar-refractivity contribution in [3.05, 3.63) is 35.4 Å². The minimum atomic E-state index is -0.388. The molecule has 106 valence electrons. The Morgan fingerprint density at radius 3 is 3.05 bits per heavy atom. The summed E-state index contributed by atoms with van der Waals surface area (Å²) < 4.78 is 5.25. The number of piperidine rings is 1. The molecule has 1 fully saturated rings. The van der Waals surface area contributed by atoms with Gasteiger partial charge >= 0.3 is 0 Å². The zero-order chi connectivity index (χ0) is 13.7. The lowest BCUT2D eigenvalue weighted by Crippen LogP contribution is -2.39. The van der Waals surface area contributed by atoms with Crippen LogP contribution in [-0.4, -0.2) is 43.4 Å². The Hall–Kier alpha value is -0.900. The Balaban J connectivity index is 1.89. The topological polar surface area (TPSA) is 32.7 Å². The molecule has 0 bridgehead atoms. The molecule has 0 radical (unpaired) electrons. The van der Waals surface area contributed by atoms with Crippen LogP contribution in [-0.2, 0) is 4.74 Å². The second kappa shape index (κ2) is 7.04. The summed E-state index contributed by atoms with van der Waals surface area (Å²) in [7, 11) is 1.76. The highest BCUT2D eigenvalue weighted by atomic mass is 16.5. The van der Waals surface area contributed by atoms with Crippen LogP contribution in [0.25, 0.3) is 0 Å².